The van der Waals surface area contributed by atoms with Crippen LogP contribution >= 0.6 is 0 Å². The van der Waals surface area contributed by atoms with Gasteiger partial charge in [-0.2, -0.15) is 0 Å². The Hall–Kier alpha value is -2.69. The lowest BCUT2D eigenvalue weighted by Crippen LogP contribution is -1.98. The monoisotopic (exact) mass is 271 g/mol. The molecule has 2 rings (SSSR count). The number of hydrogen-bond donors (Lipinski definition) is 0. The molecule has 0 bridgehead atoms. The number of carbonyl (C=O) groups excluding carboxylic acids is 1. The van der Waals surface area contributed by atoms with Gasteiger partial charge in [-0.1, -0.05) is 12.1 Å². The van der Waals surface area contributed by atoms with Crippen LogP contribution in [0, 0.1) is 17.0 Å². The number of aryl methyl sites for hydroxylation is 1. The molecule has 0 aromatic heterocycles. The van der Waals surface area contributed by atoms with E-state index < -0.39 is 4.92 Å². The highest BCUT2D eigenvalue weighted by atomic mass is 16.6. The number of nitro benzene ring substituents is 1. The molecule has 20 heavy (non-hydrogen) atoms. The number of non-ortho nitro benzene ring substituents is 1. The molecule has 0 saturated heterocycles. The lowest BCUT2D eigenvalue weighted by Gasteiger charge is -2.11. The SMILES string of the molecule is CC(=O)c1ccccc1Oc1ccc([N+](=O)[O-])cc1C. The number of nitro groups is 1. The number of hydrogen-bond acceptors (Lipinski definition) is 4. The van der Waals surface area contributed by atoms with Crippen LogP contribution in [0.3, 0.4) is 0 Å². The second-order valence-corrected chi connectivity index (χ2v) is 4.36. The van der Waals surface area contributed by atoms with Crippen molar-refractivity contribution in [2.75, 3.05) is 0 Å². The number of nitrogens with zero attached hydrogens (tertiary/aromatic N) is 1. The Bertz CT molecular complexity index is 679. The van der Waals surface area contributed by atoms with E-state index in [1.807, 2.05) is 0 Å². The summed E-state index contributed by atoms with van der Waals surface area (Å²) in [5.41, 5.74) is 1.12. The van der Waals surface area contributed by atoms with E-state index in [9.17, 15) is 14.9 Å². The number of Topliss-reactive ketones (excluding diaryl/α,β-unsaturated/α-hetero) is 1. The largest absolute Gasteiger partial charge is 0.456 e. The van der Waals surface area contributed by atoms with Crippen LogP contribution in [0.4, 0.5) is 5.69 Å². The topological polar surface area (TPSA) is 69.4 Å². The Balaban J connectivity index is 2.36. The highest BCUT2D eigenvalue weighted by Gasteiger charge is 2.12. The molecule has 0 amide bonds. The fourth-order valence-corrected chi connectivity index (χ4v) is 1.83. The lowest BCUT2D eigenvalue weighted by atomic mass is 10.1. The Morgan fingerprint density at radius 2 is 1.85 bits per heavy atom. The minimum Gasteiger partial charge on any atom is -0.456 e. The van der Waals surface area contributed by atoms with Crippen molar-refractivity contribution in [1.82, 2.24) is 0 Å². The summed E-state index contributed by atoms with van der Waals surface area (Å²) in [4.78, 5) is 21.7. The minimum absolute atomic E-state index is 0.00898. The normalized spacial score (nSPS) is 10.1. The van der Waals surface area contributed by atoms with E-state index in [4.69, 9.17) is 4.74 Å². The molecule has 2 aromatic rings. The molecule has 5 heteroatoms. The molecule has 0 atom stereocenters. The molecule has 0 unspecified atom stereocenters. The Kier molecular flexibility index (Phi) is 3.79. The van der Waals surface area contributed by atoms with E-state index in [0.717, 1.165) is 0 Å². The van der Waals surface area contributed by atoms with Crippen LogP contribution in [0.1, 0.15) is 22.8 Å². The zero-order valence-corrected chi connectivity index (χ0v) is 11.1. The van der Waals surface area contributed by atoms with E-state index in [0.29, 0.717) is 22.6 Å². The van der Waals surface area contributed by atoms with Crippen LogP contribution in [0.2, 0.25) is 0 Å². The summed E-state index contributed by atoms with van der Waals surface area (Å²) in [7, 11) is 0. The van der Waals surface area contributed by atoms with Gasteiger partial charge in [0.25, 0.3) is 5.69 Å². The maximum atomic E-state index is 11.5. The van der Waals surface area contributed by atoms with E-state index in [1.165, 1.54) is 25.1 Å². The van der Waals surface area contributed by atoms with Gasteiger partial charge >= 0.3 is 0 Å². The summed E-state index contributed by atoms with van der Waals surface area (Å²) in [5.74, 6) is 0.835. The van der Waals surface area contributed by atoms with Crippen molar-refractivity contribution in [3.8, 4) is 11.5 Å². The van der Waals surface area contributed by atoms with E-state index >= 15 is 0 Å². The fraction of sp³-hybridized carbons (Fsp3) is 0.133. The van der Waals surface area contributed by atoms with E-state index in [2.05, 4.69) is 0 Å². The predicted molar refractivity (Wildman–Crippen MR) is 74.4 cm³/mol. The Morgan fingerprint density at radius 3 is 2.45 bits per heavy atom. The smallest absolute Gasteiger partial charge is 0.269 e. The van der Waals surface area contributed by atoms with E-state index in [1.54, 1.807) is 31.2 Å². The van der Waals surface area contributed by atoms with Crippen molar-refractivity contribution in [2.45, 2.75) is 13.8 Å². The first kappa shape index (κ1) is 13.7. The summed E-state index contributed by atoms with van der Waals surface area (Å²) in [5, 5.41) is 10.7. The van der Waals surface area contributed by atoms with Gasteiger partial charge in [0.05, 0.1) is 10.5 Å². The average molecular weight is 271 g/mol. The Labute approximate surface area is 116 Å². The van der Waals surface area contributed by atoms with Crippen LogP contribution in [0.15, 0.2) is 42.5 Å². The van der Waals surface area contributed by atoms with Crippen molar-refractivity contribution >= 4 is 11.5 Å². The van der Waals surface area contributed by atoms with Crippen molar-refractivity contribution in [3.63, 3.8) is 0 Å². The van der Waals surface area contributed by atoms with E-state index in [-0.39, 0.29) is 11.5 Å². The molecule has 0 N–H and O–H groups in total. The number of para-hydroxylation sites is 1. The first-order valence-electron chi connectivity index (χ1n) is 6.02. The predicted octanol–water partition coefficient (Wildman–Crippen LogP) is 3.90. The summed E-state index contributed by atoms with van der Waals surface area (Å²) >= 11 is 0. The molecule has 2 aromatic carbocycles. The summed E-state index contributed by atoms with van der Waals surface area (Å²) in [6.07, 6.45) is 0. The van der Waals surface area contributed by atoms with Gasteiger partial charge in [-0.3, -0.25) is 14.9 Å². The van der Waals surface area contributed by atoms with Crippen molar-refractivity contribution in [3.05, 3.63) is 63.7 Å². The van der Waals surface area contributed by atoms with Crippen LogP contribution in [-0.4, -0.2) is 10.7 Å². The summed E-state index contributed by atoms with van der Waals surface area (Å²) in [6, 6.07) is 11.2. The standard InChI is InChI=1S/C15H13NO4/c1-10-9-12(16(18)19)7-8-14(10)20-15-6-4-3-5-13(15)11(2)17/h3-9H,1-2H3. The molecule has 0 aliphatic rings. The van der Waals surface area contributed by atoms with Gasteiger partial charge < -0.3 is 4.74 Å². The van der Waals surface area contributed by atoms with Gasteiger partial charge in [0.1, 0.15) is 11.5 Å². The third-order valence-electron chi connectivity index (χ3n) is 2.86. The summed E-state index contributed by atoms with van der Waals surface area (Å²) < 4.78 is 5.69. The third-order valence-corrected chi connectivity index (χ3v) is 2.86. The minimum atomic E-state index is -0.458. The van der Waals surface area contributed by atoms with Crippen LogP contribution in [0.25, 0.3) is 0 Å². The van der Waals surface area contributed by atoms with Gasteiger partial charge in [0, 0.05) is 12.1 Å². The molecule has 0 heterocycles. The van der Waals surface area contributed by atoms with Crippen LogP contribution < -0.4 is 4.74 Å². The van der Waals surface area contributed by atoms with Crippen LogP contribution in [-0.2, 0) is 0 Å². The van der Waals surface area contributed by atoms with Crippen LogP contribution in [0.5, 0.6) is 11.5 Å². The second kappa shape index (κ2) is 5.52. The first-order chi connectivity index (χ1) is 9.49. The quantitative estimate of drug-likeness (QED) is 0.480. The number of benzene rings is 2. The summed E-state index contributed by atoms with van der Waals surface area (Å²) in [6.45, 7) is 3.18. The lowest BCUT2D eigenvalue weighted by molar-refractivity contribution is -0.384. The average Bonchev–Trinajstić information content (AvgIpc) is 2.41. The number of rotatable bonds is 4. The Morgan fingerprint density at radius 1 is 1.15 bits per heavy atom. The number of ketones is 1. The maximum absolute atomic E-state index is 11.5. The molecule has 0 fully saturated rings. The molecule has 0 aliphatic heterocycles. The molecular weight excluding hydrogens is 258 g/mol. The molecule has 0 aliphatic carbocycles. The molecule has 102 valence electrons. The number of carbonyl (C=O) groups is 1. The van der Waals surface area contributed by atoms with Crippen molar-refractivity contribution in [2.24, 2.45) is 0 Å². The second-order valence-electron chi connectivity index (χ2n) is 4.36. The zero-order valence-electron chi connectivity index (χ0n) is 11.1. The first-order valence-corrected chi connectivity index (χ1v) is 6.02. The molecule has 0 saturated carbocycles. The van der Waals surface area contributed by atoms with Gasteiger partial charge in [-0.25, -0.2) is 0 Å². The zero-order chi connectivity index (χ0) is 14.7. The maximum Gasteiger partial charge on any atom is 0.269 e. The highest BCUT2D eigenvalue weighted by Crippen LogP contribution is 2.30. The van der Waals surface area contributed by atoms with Gasteiger partial charge in [-0.05, 0) is 37.6 Å². The van der Waals surface area contributed by atoms with Gasteiger partial charge in [0.15, 0.2) is 5.78 Å². The van der Waals surface area contributed by atoms with Crippen molar-refractivity contribution < 1.29 is 14.5 Å². The highest BCUT2D eigenvalue weighted by molar-refractivity contribution is 5.96. The number of ether oxygens (including phenoxy) is 1. The fourth-order valence-electron chi connectivity index (χ4n) is 1.83. The van der Waals surface area contributed by atoms with Gasteiger partial charge in [0.2, 0.25) is 0 Å². The molecular formula is C15H13NO4. The van der Waals surface area contributed by atoms with Gasteiger partial charge in [-0.15, -0.1) is 0 Å². The third kappa shape index (κ3) is 2.83. The molecule has 0 radical (unpaired) electrons. The molecule has 5 nitrogen and oxygen atoms in total. The molecule has 0 spiro atoms. The van der Waals surface area contributed by atoms with Crippen molar-refractivity contribution in [1.29, 1.82) is 0 Å².